The summed E-state index contributed by atoms with van der Waals surface area (Å²) in [4.78, 5) is 0. The Morgan fingerprint density at radius 1 is 0.333 bits per heavy atom. The SMILES string of the molecule is [NH]C1CCCCCCCCCCCCCCCCCCC1. The molecule has 125 valence electrons. The van der Waals surface area contributed by atoms with Gasteiger partial charge in [-0.2, -0.15) is 0 Å². The second-order valence-corrected chi connectivity index (χ2v) is 7.28. The second kappa shape index (κ2) is 14.9. The van der Waals surface area contributed by atoms with Crippen LogP contribution in [0.1, 0.15) is 122 Å². The summed E-state index contributed by atoms with van der Waals surface area (Å²) in [5.74, 6) is 0. The highest BCUT2D eigenvalue weighted by atomic mass is 14.6. The molecule has 0 amide bonds. The average molecular weight is 295 g/mol. The average Bonchev–Trinajstić information content (AvgIpc) is 2.48. The lowest BCUT2D eigenvalue weighted by Crippen LogP contribution is -2.08. The predicted molar refractivity (Wildman–Crippen MR) is 94.6 cm³/mol. The monoisotopic (exact) mass is 294 g/mol. The summed E-state index contributed by atoms with van der Waals surface area (Å²) in [5.41, 5.74) is 8.10. The summed E-state index contributed by atoms with van der Waals surface area (Å²) in [5, 5.41) is 0. The van der Waals surface area contributed by atoms with Gasteiger partial charge in [-0.15, -0.1) is 0 Å². The van der Waals surface area contributed by atoms with Crippen LogP contribution in [0.4, 0.5) is 0 Å². The lowest BCUT2D eigenvalue weighted by atomic mass is 9.99. The maximum Gasteiger partial charge on any atom is 0.0213 e. The van der Waals surface area contributed by atoms with Crippen molar-refractivity contribution in [3.05, 3.63) is 0 Å². The van der Waals surface area contributed by atoms with Crippen molar-refractivity contribution < 1.29 is 0 Å². The molecule has 1 N–H and O–H groups in total. The van der Waals surface area contributed by atoms with Gasteiger partial charge in [0.25, 0.3) is 0 Å². The van der Waals surface area contributed by atoms with Gasteiger partial charge in [-0.1, -0.05) is 109 Å². The molecule has 0 aromatic rings. The number of hydrogen-bond acceptors (Lipinski definition) is 0. The Labute approximate surface area is 134 Å². The van der Waals surface area contributed by atoms with Crippen molar-refractivity contribution in [3.8, 4) is 0 Å². The van der Waals surface area contributed by atoms with E-state index in [1.165, 1.54) is 109 Å². The first-order chi connectivity index (χ1) is 10.4. The molecule has 0 aromatic carbocycles. The molecule has 0 heterocycles. The molecule has 0 aromatic heterocycles. The fraction of sp³-hybridized carbons (Fsp3) is 1.00. The molecule has 0 saturated heterocycles. The Balaban J connectivity index is 2.08. The Hall–Kier alpha value is -0.0400. The third-order valence-corrected chi connectivity index (χ3v) is 5.11. The van der Waals surface area contributed by atoms with Gasteiger partial charge in [0.05, 0.1) is 0 Å². The Morgan fingerprint density at radius 3 is 0.762 bits per heavy atom. The van der Waals surface area contributed by atoms with E-state index in [0.29, 0.717) is 0 Å². The fourth-order valence-corrected chi connectivity index (χ4v) is 3.58. The minimum absolute atomic E-state index is 0.232. The van der Waals surface area contributed by atoms with Crippen LogP contribution in [-0.2, 0) is 0 Å². The van der Waals surface area contributed by atoms with E-state index in [1.54, 1.807) is 0 Å². The van der Waals surface area contributed by atoms with Gasteiger partial charge in [0.15, 0.2) is 0 Å². The van der Waals surface area contributed by atoms with E-state index in [-0.39, 0.29) is 6.04 Å². The van der Waals surface area contributed by atoms with Gasteiger partial charge in [0.2, 0.25) is 0 Å². The van der Waals surface area contributed by atoms with Crippen LogP contribution in [0.25, 0.3) is 0 Å². The van der Waals surface area contributed by atoms with E-state index < -0.39 is 0 Å². The second-order valence-electron chi connectivity index (χ2n) is 7.28. The third-order valence-electron chi connectivity index (χ3n) is 5.11. The Kier molecular flexibility index (Phi) is 13.5. The molecule has 0 bridgehead atoms. The van der Waals surface area contributed by atoms with Crippen molar-refractivity contribution in [3.63, 3.8) is 0 Å². The topological polar surface area (TPSA) is 23.8 Å². The largest absolute Gasteiger partial charge is 0.255 e. The molecule has 1 heteroatoms. The van der Waals surface area contributed by atoms with E-state index in [1.807, 2.05) is 0 Å². The molecule has 0 atom stereocenters. The van der Waals surface area contributed by atoms with Gasteiger partial charge >= 0.3 is 0 Å². The summed E-state index contributed by atoms with van der Waals surface area (Å²) in [6.45, 7) is 0. The highest BCUT2D eigenvalue weighted by Crippen LogP contribution is 2.16. The quantitative estimate of drug-likeness (QED) is 0.456. The normalized spacial score (nSPS) is 24.4. The molecule has 1 nitrogen and oxygen atoms in total. The zero-order valence-corrected chi connectivity index (χ0v) is 14.5. The molecule has 1 radical (unpaired) electrons. The van der Waals surface area contributed by atoms with Crippen molar-refractivity contribution >= 4 is 0 Å². The van der Waals surface area contributed by atoms with Crippen molar-refractivity contribution in [2.75, 3.05) is 0 Å². The van der Waals surface area contributed by atoms with Gasteiger partial charge in [-0.3, -0.25) is 5.73 Å². The molecule has 0 unspecified atom stereocenters. The van der Waals surface area contributed by atoms with E-state index >= 15 is 0 Å². The minimum atomic E-state index is 0.232. The standard InChI is InChI=1S/C20H40N/c21-20-18-16-14-12-10-8-6-4-2-1-3-5-7-9-11-13-15-17-19-20/h20-21H,1-19H2. The number of rotatable bonds is 0. The lowest BCUT2D eigenvalue weighted by Gasteiger charge is -2.10. The van der Waals surface area contributed by atoms with Crippen LogP contribution in [-0.4, -0.2) is 6.04 Å². The van der Waals surface area contributed by atoms with Crippen molar-refractivity contribution in [1.29, 1.82) is 0 Å². The lowest BCUT2D eigenvalue weighted by molar-refractivity contribution is 0.467. The van der Waals surface area contributed by atoms with Crippen LogP contribution in [0, 0.1) is 0 Å². The third kappa shape index (κ3) is 13.4. The predicted octanol–water partition coefficient (Wildman–Crippen LogP) is 7.06. The van der Waals surface area contributed by atoms with Crippen LogP contribution in [0.3, 0.4) is 0 Å². The first-order valence-electron chi connectivity index (χ1n) is 10.1. The molecule has 1 fully saturated rings. The van der Waals surface area contributed by atoms with Crippen LogP contribution in [0.15, 0.2) is 0 Å². The molecule has 1 aliphatic rings. The highest BCUT2D eigenvalue weighted by molar-refractivity contribution is 4.61. The molecule has 1 aliphatic carbocycles. The van der Waals surface area contributed by atoms with Crippen LogP contribution in [0.2, 0.25) is 0 Å². The van der Waals surface area contributed by atoms with Gasteiger partial charge < -0.3 is 0 Å². The number of hydrogen-bond donors (Lipinski definition) is 0. The molecular weight excluding hydrogens is 254 g/mol. The highest BCUT2D eigenvalue weighted by Gasteiger charge is 2.03. The van der Waals surface area contributed by atoms with E-state index in [2.05, 4.69) is 0 Å². The summed E-state index contributed by atoms with van der Waals surface area (Å²) >= 11 is 0. The summed E-state index contributed by atoms with van der Waals surface area (Å²) in [6, 6.07) is 0.232. The van der Waals surface area contributed by atoms with Gasteiger partial charge in [0, 0.05) is 6.04 Å². The van der Waals surface area contributed by atoms with Crippen molar-refractivity contribution in [1.82, 2.24) is 5.73 Å². The molecule has 0 aliphatic heterocycles. The smallest absolute Gasteiger partial charge is 0.0213 e. The van der Waals surface area contributed by atoms with Crippen LogP contribution >= 0.6 is 0 Å². The van der Waals surface area contributed by atoms with E-state index in [9.17, 15) is 0 Å². The maximum absolute atomic E-state index is 8.10. The van der Waals surface area contributed by atoms with Crippen LogP contribution in [0.5, 0.6) is 0 Å². The molecule has 1 saturated carbocycles. The molecule has 1 rings (SSSR count). The molecular formula is C20H40N. The van der Waals surface area contributed by atoms with Crippen LogP contribution < -0.4 is 5.73 Å². The van der Waals surface area contributed by atoms with Gasteiger partial charge in [0.1, 0.15) is 0 Å². The first-order valence-corrected chi connectivity index (χ1v) is 10.1. The summed E-state index contributed by atoms with van der Waals surface area (Å²) < 4.78 is 0. The zero-order valence-electron chi connectivity index (χ0n) is 14.5. The minimum Gasteiger partial charge on any atom is -0.255 e. The summed E-state index contributed by atoms with van der Waals surface area (Å²) in [7, 11) is 0. The molecule has 21 heavy (non-hydrogen) atoms. The number of nitrogens with one attached hydrogen (secondary N) is 1. The van der Waals surface area contributed by atoms with Gasteiger partial charge in [-0.25, -0.2) is 0 Å². The maximum atomic E-state index is 8.10. The van der Waals surface area contributed by atoms with E-state index in [0.717, 1.165) is 12.8 Å². The zero-order chi connectivity index (χ0) is 15.0. The summed E-state index contributed by atoms with van der Waals surface area (Å²) in [6.07, 6.45) is 26.5. The Bertz CT molecular complexity index is 182. The first kappa shape index (κ1) is 19.0. The van der Waals surface area contributed by atoms with Crippen molar-refractivity contribution in [2.45, 2.75) is 128 Å². The Morgan fingerprint density at radius 2 is 0.524 bits per heavy atom. The fourth-order valence-electron chi connectivity index (χ4n) is 3.58. The van der Waals surface area contributed by atoms with Gasteiger partial charge in [-0.05, 0) is 12.8 Å². The van der Waals surface area contributed by atoms with Crippen molar-refractivity contribution in [2.24, 2.45) is 0 Å². The van der Waals surface area contributed by atoms with E-state index in [4.69, 9.17) is 5.73 Å². The molecule has 0 spiro atoms.